The maximum absolute atomic E-state index is 13.7. The Morgan fingerprint density at radius 2 is 1.42 bits per heavy atom. The summed E-state index contributed by atoms with van der Waals surface area (Å²) in [6, 6.07) is 11.2. The van der Waals surface area contributed by atoms with Crippen molar-refractivity contribution >= 4 is 11.8 Å². The van der Waals surface area contributed by atoms with Crippen molar-refractivity contribution in [3.05, 3.63) is 64.2 Å². The van der Waals surface area contributed by atoms with E-state index in [2.05, 4.69) is 51.3 Å². The standard InChI is InChI=1S/C32H46N2O4/c1-9-38-30(37)24-12-10-23(11-13-24)14-15-33-16-18-34(19-17-33)22(2)28(35)25-20-26(31(3,4)5)29(36)27(21-25)32(6,7)8/h10-13,20-22,36H,9,14-19H2,1-8H3. The van der Waals surface area contributed by atoms with Crippen LogP contribution in [0.1, 0.15) is 92.8 Å². The average molecular weight is 523 g/mol. The number of phenols is 1. The summed E-state index contributed by atoms with van der Waals surface area (Å²) in [6.07, 6.45) is 0.913. The Labute approximate surface area is 229 Å². The first-order valence-electron chi connectivity index (χ1n) is 13.9. The van der Waals surface area contributed by atoms with Crippen LogP contribution in [0.5, 0.6) is 5.75 Å². The highest BCUT2D eigenvalue weighted by Gasteiger charge is 2.31. The van der Waals surface area contributed by atoms with E-state index in [0.29, 0.717) is 23.5 Å². The third kappa shape index (κ3) is 7.23. The van der Waals surface area contributed by atoms with Gasteiger partial charge in [-0.2, -0.15) is 0 Å². The van der Waals surface area contributed by atoms with Gasteiger partial charge in [0, 0.05) is 49.4 Å². The molecular formula is C32H46N2O4. The second-order valence-electron chi connectivity index (χ2n) is 12.5. The molecule has 0 bridgehead atoms. The second-order valence-corrected chi connectivity index (χ2v) is 12.5. The van der Waals surface area contributed by atoms with Crippen LogP contribution >= 0.6 is 0 Å². The number of nitrogens with zero attached hydrogens (tertiary/aromatic N) is 2. The summed E-state index contributed by atoms with van der Waals surface area (Å²) in [4.78, 5) is 30.2. The molecule has 0 saturated carbocycles. The van der Waals surface area contributed by atoms with Crippen LogP contribution in [-0.2, 0) is 22.0 Å². The van der Waals surface area contributed by atoms with Gasteiger partial charge in [0.15, 0.2) is 5.78 Å². The number of hydrogen-bond donors (Lipinski definition) is 1. The quantitative estimate of drug-likeness (QED) is 0.360. The predicted octanol–water partition coefficient (Wildman–Crippen LogP) is 5.60. The highest BCUT2D eigenvalue weighted by Crippen LogP contribution is 2.40. The minimum atomic E-state index is -0.282. The lowest BCUT2D eigenvalue weighted by Gasteiger charge is -2.37. The molecule has 1 heterocycles. The Balaban J connectivity index is 1.61. The maximum atomic E-state index is 13.7. The normalized spacial score (nSPS) is 16.3. The van der Waals surface area contributed by atoms with Crippen molar-refractivity contribution in [1.29, 1.82) is 0 Å². The van der Waals surface area contributed by atoms with E-state index in [4.69, 9.17) is 4.74 Å². The van der Waals surface area contributed by atoms with Crippen LogP contribution in [0.25, 0.3) is 0 Å². The maximum Gasteiger partial charge on any atom is 0.338 e. The Morgan fingerprint density at radius 1 is 0.895 bits per heavy atom. The second kappa shape index (κ2) is 12.0. The lowest BCUT2D eigenvalue weighted by atomic mass is 9.77. The fourth-order valence-corrected chi connectivity index (χ4v) is 5.01. The van der Waals surface area contributed by atoms with Crippen LogP contribution in [0.2, 0.25) is 0 Å². The number of piperazine rings is 1. The van der Waals surface area contributed by atoms with Crippen molar-refractivity contribution in [1.82, 2.24) is 9.80 Å². The van der Waals surface area contributed by atoms with E-state index >= 15 is 0 Å². The largest absolute Gasteiger partial charge is 0.507 e. The number of ketones is 1. The highest BCUT2D eigenvalue weighted by atomic mass is 16.5. The zero-order valence-corrected chi connectivity index (χ0v) is 24.6. The minimum absolute atomic E-state index is 0.108. The van der Waals surface area contributed by atoms with Gasteiger partial charge in [-0.25, -0.2) is 4.79 Å². The Kier molecular flexibility index (Phi) is 9.43. The average Bonchev–Trinajstić information content (AvgIpc) is 2.86. The number of hydrogen-bond acceptors (Lipinski definition) is 6. The lowest BCUT2D eigenvalue weighted by molar-refractivity contribution is 0.0526. The molecule has 6 nitrogen and oxygen atoms in total. The number of carbonyl (C=O) groups excluding carboxylic acids is 2. The Morgan fingerprint density at radius 3 is 1.89 bits per heavy atom. The van der Waals surface area contributed by atoms with E-state index < -0.39 is 0 Å². The molecule has 0 aliphatic carbocycles. The van der Waals surface area contributed by atoms with Gasteiger partial charge in [0.25, 0.3) is 0 Å². The smallest absolute Gasteiger partial charge is 0.338 e. The van der Waals surface area contributed by atoms with Crippen LogP contribution in [0.15, 0.2) is 36.4 Å². The first-order chi connectivity index (χ1) is 17.7. The molecule has 0 spiro atoms. The van der Waals surface area contributed by atoms with Gasteiger partial charge in [-0.15, -0.1) is 0 Å². The van der Waals surface area contributed by atoms with E-state index in [1.54, 1.807) is 0 Å². The molecule has 0 aromatic heterocycles. The molecule has 1 unspecified atom stereocenters. The third-order valence-corrected chi connectivity index (χ3v) is 7.53. The highest BCUT2D eigenvalue weighted by molar-refractivity contribution is 6.00. The monoisotopic (exact) mass is 522 g/mol. The van der Waals surface area contributed by atoms with E-state index in [1.165, 1.54) is 5.56 Å². The van der Waals surface area contributed by atoms with Gasteiger partial charge in [-0.1, -0.05) is 53.7 Å². The van der Waals surface area contributed by atoms with Gasteiger partial charge in [0.1, 0.15) is 5.75 Å². The molecule has 1 saturated heterocycles. The zero-order chi connectivity index (χ0) is 28.3. The summed E-state index contributed by atoms with van der Waals surface area (Å²) in [5, 5.41) is 11.0. The summed E-state index contributed by atoms with van der Waals surface area (Å²) in [6.45, 7) is 21.0. The molecule has 6 heteroatoms. The summed E-state index contributed by atoms with van der Waals surface area (Å²) in [5.41, 5.74) is 3.56. The number of ether oxygens (including phenoxy) is 1. The lowest BCUT2D eigenvalue weighted by Crippen LogP contribution is -2.52. The van der Waals surface area contributed by atoms with E-state index in [-0.39, 0.29) is 28.6 Å². The summed E-state index contributed by atoms with van der Waals surface area (Å²) in [7, 11) is 0. The van der Waals surface area contributed by atoms with Crippen molar-refractivity contribution in [3.8, 4) is 5.75 Å². The number of carbonyl (C=O) groups is 2. The van der Waals surface area contributed by atoms with Gasteiger partial charge in [-0.3, -0.25) is 9.69 Å². The SMILES string of the molecule is CCOC(=O)c1ccc(CCN2CCN(C(C)C(=O)c3cc(C(C)(C)C)c(O)c(C(C)(C)C)c3)CC2)cc1. The fraction of sp³-hybridized carbons (Fsp3) is 0.562. The topological polar surface area (TPSA) is 70.1 Å². The van der Waals surface area contributed by atoms with Crippen LogP contribution in [-0.4, -0.2) is 72.0 Å². The molecule has 208 valence electrons. The van der Waals surface area contributed by atoms with Gasteiger partial charge in [0.2, 0.25) is 0 Å². The molecule has 2 aromatic carbocycles. The van der Waals surface area contributed by atoms with Crippen LogP contribution in [0.3, 0.4) is 0 Å². The summed E-state index contributed by atoms with van der Waals surface area (Å²) in [5.74, 6) is 0.130. The molecule has 1 atom stereocenters. The van der Waals surface area contributed by atoms with Gasteiger partial charge >= 0.3 is 5.97 Å². The van der Waals surface area contributed by atoms with Crippen molar-refractivity contribution in [2.24, 2.45) is 0 Å². The van der Waals surface area contributed by atoms with Crippen LogP contribution < -0.4 is 0 Å². The number of esters is 1. The summed E-state index contributed by atoms with van der Waals surface area (Å²) >= 11 is 0. The first kappa shape index (κ1) is 29.9. The first-order valence-corrected chi connectivity index (χ1v) is 13.9. The number of Topliss-reactive ketones (excluding diaryl/α,β-unsaturated/α-hetero) is 1. The van der Waals surface area contributed by atoms with Gasteiger partial charge < -0.3 is 14.7 Å². The van der Waals surface area contributed by atoms with Crippen molar-refractivity contribution in [2.45, 2.75) is 78.7 Å². The Bertz CT molecular complexity index is 1080. The number of benzene rings is 2. The van der Waals surface area contributed by atoms with Gasteiger partial charge in [-0.05, 0) is 60.9 Å². The molecule has 1 aliphatic heterocycles. The fourth-order valence-electron chi connectivity index (χ4n) is 5.01. The van der Waals surface area contributed by atoms with Gasteiger partial charge in [0.05, 0.1) is 18.2 Å². The number of phenolic OH excluding ortho intramolecular Hbond substituents is 1. The van der Waals surface area contributed by atoms with E-state index in [1.807, 2.05) is 50.2 Å². The number of aromatic hydroxyl groups is 1. The molecule has 3 rings (SSSR count). The van der Waals surface area contributed by atoms with E-state index in [0.717, 1.165) is 50.3 Å². The molecule has 38 heavy (non-hydrogen) atoms. The van der Waals surface area contributed by atoms with Crippen molar-refractivity contribution in [3.63, 3.8) is 0 Å². The third-order valence-electron chi connectivity index (χ3n) is 7.53. The van der Waals surface area contributed by atoms with E-state index in [9.17, 15) is 14.7 Å². The van der Waals surface area contributed by atoms with Crippen LogP contribution in [0, 0.1) is 0 Å². The molecule has 0 radical (unpaired) electrons. The molecule has 1 aliphatic rings. The molecule has 1 fully saturated rings. The van der Waals surface area contributed by atoms with Crippen LogP contribution in [0.4, 0.5) is 0 Å². The molecule has 0 amide bonds. The molecular weight excluding hydrogens is 476 g/mol. The molecule has 2 aromatic rings. The Hall–Kier alpha value is -2.70. The molecule has 1 N–H and O–H groups in total. The number of rotatable bonds is 8. The summed E-state index contributed by atoms with van der Waals surface area (Å²) < 4.78 is 5.06. The van der Waals surface area contributed by atoms with Crippen molar-refractivity contribution < 1.29 is 19.4 Å². The zero-order valence-electron chi connectivity index (χ0n) is 24.6. The predicted molar refractivity (Wildman–Crippen MR) is 153 cm³/mol. The minimum Gasteiger partial charge on any atom is -0.507 e. The van der Waals surface area contributed by atoms with Crippen molar-refractivity contribution in [2.75, 3.05) is 39.3 Å².